The zero-order chi connectivity index (χ0) is 14.8. The van der Waals surface area contributed by atoms with Gasteiger partial charge in [-0.05, 0) is 23.8 Å². The number of rotatable bonds is 3. The minimum Gasteiger partial charge on any atom is -0.386 e. The van der Waals surface area contributed by atoms with Crippen LogP contribution in [0.2, 0.25) is 0 Å². The van der Waals surface area contributed by atoms with Gasteiger partial charge in [0.1, 0.15) is 11.9 Å². The summed E-state index contributed by atoms with van der Waals surface area (Å²) in [6.07, 6.45) is 0.774. The van der Waals surface area contributed by atoms with Crippen molar-refractivity contribution in [2.75, 3.05) is 0 Å². The van der Waals surface area contributed by atoms with Crippen LogP contribution in [0.25, 0.3) is 10.9 Å². The smallest absolute Gasteiger partial charge is 0.123 e. The molecule has 3 nitrogen and oxygen atoms in total. The van der Waals surface area contributed by atoms with E-state index in [4.69, 9.17) is 5.73 Å². The first kappa shape index (κ1) is 13.7. The van der Waals surface area contributed by atoms with Crippen LogP contribution in [0.3, 0.4) is 0 Å². The molecule has 1 heterocycles. The molecule has 0 saturated heterocycles. The lowest BCUT2D eigenvalue weighted by atomic mass is 9.95. The highest BCUT2D eigenvalue weighted by atomic mass is 19.1. The zero-order valence-corrected chi connectivity index (χ0v) is 11.3. The zero-order valence-electron chi connectivity index (χ0n) is 11.3. The number of nitrogens with two attached hydrogens (primary N) is 1. The number of pyridine rings is 1. The van der Waals surface area contributed by atoms with Gasteiger partial charge in [-0.25, -0.2) is 4.39 Å². The molecule has 0 radical (unpaired) electrons. The van der Waals surface area contributed by atoms with Gasteiger partial charge in [-0.2, -0.15) is 0 Å². The second-order valence-electron chi connectivity index (χ2n) is 4.94. The predicted octanol–water partition coefficient (Wildman–Crippen LogP) is 3.11. The van der Waals surface area contributed by atoms with Gasteiger partial charge >= 0.3 is 0 Å². The molecule has 0 fully saturated rings. The second-order valence-corrected chi connectivity index (χ2v) is 4.94. The van der Waals surface area contributed by atoms with Gasteiger partial charge in [0.05, 0.1) is 11.6 Å². The van der Waals surface area contributed by atoms with Gasteiger partial charge in [-0.15, -0.1) is 0 Å². The Bertz CT molecular complexity index is 753. The maximum Gasteiger partial charge on any atom is 0.123 e. The number of halogens is 1. The van der Waals surface area contributed by atoms with Crippen LogP contribution in [-0.4, -0.2) is 10.1 Å². The third-order valence-corrected chi connectivity index (χ3v) is 3.58. The summed E-state index contributed by atoms with van der Waals surface area (Å²) in [6, 6.07) is 14.6. The first-order valence-corrected chi connectivity index (χ1v) is 6.69. The van der Waals surface area contributed by atoms with Crippen LogP contribution in [0.4, 0.5) is 4.39 Å². The number of aromatic nitrogens is 1. The van der Waals surface area contributed by atoms with Crippen LogP contribution < -0.4 is 5.73 Å². The Morgan fingerprint density at radius 3 is 2.48 bits per heavy atom. The lowest BCUT2D eigenvalue weighted by Gasteiger charge is -2.20. The Labute approximate surface area is 121 Å². The highest BCUT2D eigenvalue weighted by molar-refractivity contribution is 5.81. The van der Waals surface area contributed by atoms with Gasteiger partial charge in [0.15, 0.2) is 0 Å². The number of para-hydroxylation sites is 1. The van der Waals surface area contributed by atoms with E-state index in [0.717, 1.165) is 10.9 Å². The summed E-state index contributed by atoms with van der Waals surface area (Å²) in [5.74, 6) is -0.327. The molecule has 2 atom stereocenters. The van der Waals surface area contributed by atoms with E-state index in [9.17, 15) is 9.50 Å². The summed E-state index contributed by atoms with van der Waals surface area (Å²) in [5.41, 5.74) is 8.19. The van der Waals surface area contributed by atoms with Crippen molar-refractivity contribution < 1.29 is 9.50 Å². The molecule has 0 saturated carbocycles. The van der Waals surface area contributed by atoms with E-state index in [1.807, 2.05) is 30.3 Å². The number of fused-ring (bicyclic) bond motifs is 1. The molecule has 3 rings (SSSR count). The van der Waals surface area contributed by atoms with Crippen molar-refractivity contribution >= 4 is 10.9 Å². The van der Waals surface area contributed by atoms with E-state index in [-0.39, 0.29) is 5.82 Å². The molecule has 106 valence electrons. The number of benzene rings is 2. The fourth-order valence-corrected chi connectivity index (χ4v) is 2.43. The normalized spacial score (nSPS) is 14.0. The first-order valence-electron chi connectivity index (χ1n) is 6.69. The molecule has 0 aliphatic rings. The lowest BCUT2D eigenvalue weighted by molar-refractivity contribution is 0.148. The number of aliphatic hydroxyl groups is 1. The molecule has 0 unspecified atom stereocenters. The fourth-order valence-electron chi connectivity index (χ4n) is 2.43. The quantitative estimate of drug-likeness (QED) is 0.776. The van der Waals surface area contributed by atoms with Crippen LogP contribution in [0.1, 0.15) is 23.3 Å². The third kappa shape index (κ3) is 2.63. The molecular weight excluding hydrogens is 267 g/mol. The Morgan fingerprint density at radius 2 is 1.71 bits per heavy atom. The van der Waals surface area contributed by atoms with Crippen LogP contribution >= 0.6 is 0 Å². The Balaban J connectivity index is 2.00. The molecule has 0 spiro atoms. The van der Waals surface area contributed by atoms with Crippen molar-refractivity contribution in [2.45, 2.75) is 12.1 Å². The number of aliphatic hydroxyl groups excluding tert-OH is 1. The molecule has 2 aromatic carbocycles. The van der Waals surface area contributed by atoms with Crippen molar-refractivity contribution in [2.24, 2.45) is 5.73 Å². The monoisotopic (exact) mass is 282 g/mol. The molecule has 1 aromatic heterocycles. The van der Waals surface area contributed by atoms with E-state index < -0.39 is 12.1 Å². The highest BCUT2D eigenvalue weighted by Gasteiger charge is 2.21. The minimum atomic E-state index is -0.908. The SMILES string of the molecule is N[C@H](c1ccc(F)cc1)[C@@H](O)c1cccc2cccnc12. The summed E-state index contributed by atoms with van der Waals surface area (Å²) in [4.78, 5) is 4.32. The standard InChI is InChI=1S/C17H15FN2O/c18-13-8-6-11(7-9-13)15(19)17(21)14-5-1-3-12-4-2-10-20-16(12)14/h1-10,15,17,21H,19H2/t15-,17+/m1/s1. The minimum absolute atomic E-state index is 0.327. The maximum atomic E-state index is 13.0. The molecule has 3 N–H and O–H groups in total. The van der Waals surface area contributed by atoms with Gasteiger partial charge in [0, 0.05) is 17.1 Å². The van der Waals surface area contributed by atoms with Crippen LogP contribution in [0, 0.1) is 5.82 Å². The molecule has 0 aliphatic heterocycles. The fraction of sp³-hybridized carbons (Fsp3) is 0.118. The van der Waals surface area contributed by atoms with Gasteiger partial charge < -0.3 is 10.8 Å². The van der Waals surface area contributed by atoms with Crippen LogP contribution in [0.15, 0.2) is 60.8 Å². The molecule has 0 bridgehead atoms. The summed E-state index contributed by atoms with van der Waals surface area (Å²) in [7, 11) is 0. The van der Waals surface area contributed by atoms with Crippen molar-refractivity contribution in [3.8, 4) is 0 Å². The average molecular weight is 282 g/mol. The van der Waals surface area contributed by atoms with Crippen molar-refractivity contribution in [3.63, 3.8) is 0 Å². The van der Waals surface area contributed by atoms with Crippen molar-refractivity contribution in [3.05, 3.63) is 77.7 Å². The number of hydrogen-bond donors (Lipinski definition) is 2. The van der Waals surface area contributed by atoms with E-state index in [2.05, 4.69) is 4.98 Å². The molecule has 4 heteroatoms. The number of nitrogens with zero attached hydrogens (tertiary/aromatic N) is 1. The predicted molar refractivity (Wildman–Crippen MR) is 80.0 cm³/mol. The number of hydrogen-bond acceptors (Lipinski definition) is 3. The van der Waals surface area contributed by atoms with E-state index in [0.29, 0.717) is 11.1 Å². The summed E-state index contributed by atoms with van der Waals surface area (Å²) < 4.78 is 13.0. The Kier molecular flexibility index (Phi) is 3.64. The molecule has 21 heavy (non-hydrogen) atoms. The summed E-state index contributed by atoms with van der Waals surface area (Å²) >= 11 is 0. The second kappa shape index (κ2) is 5.60. The molecule has 0 amide bonds. The van der Waals surface area contributed by atoms with E-state index >= 15 is 0 Å². The molecule has 3 aromatic rings. The topological polar surface area (TPSA) is 59.1 Å². The maximum absolute atomic E-state index is 13.0. The third-order valence-electron chi connectivity index (χ3n) is 3.58. The first-order chi connectivity index (χ1) is 10.2. The molecule has 0 aliphatic carbocycles. The van der Waals surface area contributed by atoms with Gasteiger partial charge in [0.25, 0.3) is 0 Å². The Morgan fingerprint density at radius 1 is 1.00 bits per heavy atom. The highest BCUT2D eigenvalue weighted by Crippen LogP contribution is 2.30. The van der Waals surface area contributed by atoms with Crippen LogP contribution in [-0.2, 0) is 0 Å². The van der Waals surface area contributed by atoms with E-state index in [1.54, 1.807) is 18.3 Å². The van der Waals surface area contributed by atoms with Gasteiger partial charge in [-0.1, -0.05) is 36.4 Å². The van der Waals surface area contributed by atoms with Gasteiger partial charge in [0.2, 0.25) is 0 Å². The Hall–Kier alpha value is -2.30. The average Bonchev–Trinajstić information content (AvgIpc) is 2.53. The van der Waals surface area contributed by atoms with Crippen molar-refractivity contribution in [1.29, 1.82) is 0 Å². The summed E-state index contributed by atoms with van der Waals surface area (Å²) in [6.45, 7) is 0. The van der Waals surface area contributed by atoms with Gasteiger partial charge in [-0.3, -0.25) is 4.98 Å². The molecular formula is C17H15FN2O. The van der Waals surface area contributed by atoms with Crippen LogP contribution in [0.5, 0.6) is 0 Å². The largest absolute Gasteiger partial charge is 0.386 e. The lowest BCUT2D eigenvalue weighted by Crippen LogP contribution is -2.20. The summed E-state index contributed by atoms with van der Waals surface area (Å²) in [5, 5.41) is 11.5. The van der Waals surface area contributed by atoms with E-state index in [1.165, 1.54) is 12.1 Å². The van der Waals surface area contributed by atoms with Crippen molar-refractivity contribution in [1.82, 2.24) is 4.98 Å².